The molecule has 0 aromatic carbocycles. The zero-order chi connectivity index (χ0) is 11.4. The SMILES string of the molecule is CC(=O)O[C@H]1[C@H](C)O[CH]C[C@@H]1OC(C)=O. The molecule has 0 aliphatic carbocycles. The third-order valence-corrected chi connectivity index (χ3v) is 2.09. The summed E-state index contributed by atoms with van der Waals surface area (Å²) in [6, 6.07) is 0. The lowest BCUT2D eigenvalue weighted by Gasteiger charge is -2.34. The first-order chi connectivity index (χ1) is 7.00. The molecule has 0 amide bonds. The largest absolute Gasteiger partial charge is 0.458 e. The summed E-state index contributed by atoms with van der Waals surface area (Å²) in [6.45, 7) is 5.97. The maximum Gasteiger partial charge on any atom is 0.303 e. The lowest BCUT2D eigenvalue weighted by Crippen LogP contribution is -2.46. The van der Waals surface area contributed by atoms with Crippen molar-refractivity contribution >= 4 is 11.9 Å². The van der Waals surface area contributed by atoms with Crippen molar-refractivity contribution in [1.29, 1.82) is 0 Å². The highest BCUT2D eigenvalue weighted by molar-refractivity contribution is 5.67. The maximum absolute atomic E-state index is 10.9. The van der Waals surface area contributed by atoms with Gasteiger partial charge in [0, 0.05) is 20.3 Å². The van der Waals surface area contributed by atoms with Crippen LogP contribution >= 0.6 is 0 Å². The fraction of sp³-hybridized carbons (Fsp3) is 0.700. The van der Waals surface area contributed by atoms with Gasteiger partial charge in [-0.2, -0.15) is 0 Å². The van der Waals surface area contributed by atoms with Gasteiger partial charge in [-0.05, 0) is 6.92 Å². The minimum absolute atomic E-state index is 0.299. The number of ether oxygens (including phenoxy) is 3. The first kappa shape index (κ1) is 12.0. The van der Waals surface area contributed by atoms with Crippen LogP contribution in [0.3, 0.4) is 0 Å². The van der Waals surface area contributed by atoms with Crippen LogP contribution < -0.4 is 0 Å². The lowest BCUT2D eigenvalue weighted by atomic mass is 10.0. The van der Waals surface area contributed by atoms with E-state index in [4.69, 9.17) is 14.2 Å². The highest BCUT2D eigenvalue weighted by atomic mass is 16.6. The van der Waals surface area contributed by atoms with Gasteiger partial charge in [0.05, 0.1) is 12.7 Å². The minimum Gasteiger partial charge on any atom is -0.458 e. The van der Waals surface area contributed by atoms with Crippen LogP contribution in [-0.4, -0.2) is 30.3 Å². The van der Waals surface area contributed by atoms with E-state index in [9.17, 15) is 9.59 Å². The van der Waals surface area contributed by atoms with Gasteiger partial charge in [-0.15, -0.1) is 0 Å². The molecule has 1 radical (unpaired) electrons. The number of esters is 2. The van der Waals surface area contributed by atoms with Gasteiger partial charge in [-0.1, -0.05) is 0 Å². The zero-order valence-electron chi connectivity index (χ0n) is 9.06. The quantitative estimate of drug-likeness (QED) is 0.638. The molecule has 5 nitrogen and oxygen atoms in total. The normalized spacial score (nSPS) is 30.7. The second kappa shape index (κ2) is 5.11. The average molecular weight is 215 g/mol. The molecule has 0 unspecified atom stereocenters. The molecule has 15 heavy (non-hydrogen) atoms. The molecule has 85 valence electrons. The van der Waals surface area contributed by atoms with E-state index < -0.39 is 18.2 Å². The summed E-state index contributed by atoms with van der Waals surface area (Å²) in [4.78, 5) is 21.7. The summed E-state index contributed by atoms with van der Waals surface area (Å²) in [5.74, 6) is -0.797. The number of carbonyl (C=O) groups is 2. The van der Waals surface area contributed by atoms with Crippen LogP contribution in [0, 0.1) is 6.61 Å². The van der Waals surface area contributed by atoms with Gasteiger partial charge in [-0.3, -0.25) is 9.59 Å². The first-order valence-electron chi connectivity index (χ1n) is 4.82. The monoisotopic (exact) mass is 215 g/mol. The maximum atomic E-state index is 10.9. The summed E-state index contributed by atoms with van der Waals surface area (Å²) in [5.41, 5.74) is 0. The second-order valence-corrected chi connectivity index (χ2v) is 3.47. The Morgan fingerprint density at radius 1 is 1.27 bits per heavy atom. The molecule has 0 N–H and O–H groups in total. The minimum atomic E-state index is -0.531. The Morgan fingerprint density at radius 3 is 2.40 bits per heavy atom. The third kappa shape index (κ3) is 3.51. The Balaban J connectivity index is 2.63. The molecule has 1 aliphatic rings. The molecule has 1 saturated heterocycles. The molecule has 1 aliphatic heterocycles. The third-order valence-electron chi connectivity index (χ3n) is 2.09. The first-order valence-corrected chi connectivity index (χ1v) is 4.82. The van der Waals surface area contributed by atoms with Crippen molar-refractivity contribution in [3.05, 3.63) is 6.61 Å². The number of hydrogen-bond donors (Lipinski definition) is 0. The van der Waals surface area contributed by atoms with Gasteiger partial charge in [0.2, 0.25) is 0 Å². The van der Waals surface area contributed by atoms with E-state index in [1.54, 1.807) is 13.5 Å². The molecule has 1 heterocycles. The molecule has 0 aromatic heterocycles. The van der Waals surface area contributed by atoms with Gasteiger partial charge in [-0.25, -0.2) is 0 Å². The van der Waals surface area contributed by atoms with E-state index in [2.05, 4.69) is 0 Å². The predicted molar refractivity (Wildman–Crippen MR) is 50.6 cm³/mol. The molecular formula is C10H15O5. The van der Waals surface area contributed by atoms with Crippen molar-refractivity contribution in [2.75, 3.05) is 0 Å². The molecule has 1 rings (SSSR count). The van der Waals surface area contributed by atoms with Gasteiger partial charge in [0.1, 0.15) is 6.10 Å². The Hall–Kier alpha value is -1.10. The second-order valence-electron chi connectivity index (χ2n) is 3.47. The van der Waals surface area contributed by atoms with Crippen molar-refractivity contribution in [2.45, 2.75) is 45.5 Å². The van der Waals surface area contributed by atoms with Crippen LogP contribution in [0.2, 0.25) is 0 Å². The van der Waals surface area contributed by atoms with Crippen molar-refractivity contribution in [3.8, 4) is 0 Å². The predicted octanol–water partition coefficient (Wildman–Crippen LogP) is 0.820. The van der Waals surface area contributed by atoms with Crippen LogP contribution in [0.25, 0.3) is 0 Å². The van der Waals surface area contributed by atoms with Gasteiger partial charge in [0.25, 0.3) is 0 Å². The molecule has 5 heteroatoms. The summed E-state index contributed by atoms with van der Waals surface area (Å²) in [7, 11) is 0. The van der Waals surface area contributed by atoms with E-state index in [0.717, 1.165) is 0 Å². The van der Waals surface area contributed by atoms with Gasteiger partial charge in [0.15, 0.2) is 6.10 Å². The summed E-state index contributed by atoms with van der Waals surface area (Å²) in [5, 5.41) is 0. The zero-order valence-corrected chi connectivity index (χ0v) is 9.06. The number of hydrogen-bond acceptors (Lipinski definition) is 5. The standard InChI is InChI=1S/C10H15O5/c1-6-10(15-8(3)12)9(4-5-13-6)14-7(2)11/h5-6,9-10H,4H2,1-3H3/t6-,9-,10-/m0/s1. The lowest BCUT2D eigenvalue weighted by molar-refractivity contribution is -0.184. The summed E-state index contributed by atoms with van der Waals surface area (Å²) in [6.07, 6.45) is -0.847. The molecule has 1 fully saturated rings. The Morgan fingerprint density at radius 2 is 1.87 bits per heavy atom. The van der Waals surface area contributed by atoms with Crippen molar-refractivity contribution in [2.24, 2.45) is 0 Å². The number of rotatable bonds is 2. The van der Waals surface area contributed by atoms with E-state index >= 15 is 0 Å². The van der Waals surface area contributed by atoms with Crippen LogP contribution in [0.4, 0.5) is 0 Å². The molecule has 0 aromatic rings. The molecular weight excluding hydrogens is 200 g/mol. The highest BCUT2D eigenvalue weighted by Gasteiger charge is 2.36. The molecule has 0 spiro atoms. The highest BCUT2D eigenvalue weighted by Crippen LogP contribution is 2.23. The summed E-state index contributed by atoms with van der Waals surface area (Å²) >= 11 is 0. The fourth-order valence-corrected chi connectivity index (χ4v) is 1.51. The van der Waals surface area contributed by atoms with Crippen molar-refractivity contribution in [1.82, 2.24) is 0 Å². The van der Waals surface area contributed by atoms with Crippen LogP contribution in [0.15, 0.2) is 0 Å². The average Bonchev–Trinajstić information content (AvgIpc) is 2.09. The van der Waals surface area contributed by atoms with E-state index in [1.807, 2.05) is 0 Å². The molecule has 3 atom stereocenters. The topological polar surface area (TPSA) is 61.8 Å². The Labute approximate surface area is 88.7 Å². The Bertz CT molecular complexity index is 250. The van der Waals surface area contributed by atoms with E-state index in [-0.39, 0.29) is 12.1 Å². The van der Waals surface area contributed by atoms with E-state index in [0.29, 0.717) is 6.42 Å². The summed E-state index contributed by atoms with van der Waals surface area (Å²) < 4.78 is 15.3. The van der Waals surface area contributed by atoms with Gasteiger partial charge < -0.3 is 14.2 Å². The van der Waals surface area contributed by atoms with Crippen LogP contribution in [0.1, 0.15) is 27.2 Å². The molecule has 0 saturated carbocycles. The Kier molecular flexibility index (Phi) is 4.08. The van der Waals surface area contributed by atoms with Crippen molar-refractivity contribution < 1.29 is 23.8 Å². The van der Waals surface area contributed by atoms with Crippen LogP contribution in [-0.2, 0) is 23.8 Å². The van der Waals surface area contributed by atoms with Crippen molar-refractivity contribution in [3.63, 3.8) is 0 Å². The molecule has 0 bridgehead atoms. The van der Waals surface area contributed by atoms with Crippen LogP contribution in [0.5, 0.6) is 0 Å². The fourth-order valence-electron chi connectivity index (χ4n) is 1.51. The van der Waals surface area contributed by atoms with E-state index in [1.165, 1.54) is 13.8 Å². The van der Waals surface area contributed by atoms with Gasteiger partial charge >= 0.3 is 11.9 Å². The smallest absolute Gasteiger partial charge is 0.303 e. The number of carbonyl (C=O) groups excluding carboxylic acids is 2.